The van der Waals surface area contributed by atoms with Crippen molar-refractivity contribution < 1.29 is 14.7 Å². The second-order valence-corrected chi connectivity index (χ2v) is 4.64. The summed E-state index contributed by atoms with van der Waals surface area (Å²) in [6.45, 7) is 1.42. The highest BCUT2D eigenvalue weighted by molar-refractivity contribution is 5.92. The zero-order valence-electron chi connectivity index (χ0n) is 12.4. The Bertz CT molecular complexity index is 726. The van der Waals surface area contributed by atoms with Gasteiger partial charge in [-0.05, 0) is 36.4 Å². The summed E-state index contributed by atoms with van der Waals surface area (Å²) in [6.07, 6.45) is 1.34. The average molecular weight is 312 g/mol. The summed E-state index contributed by atoms with van der Waals surface area (Å²) in [5.74, 6) is -0.0889. The van der Waals surface area contributed by atoms with E-state index in [1.54, 1.807) is 42.5 Å². The number of hydrogen-bond donors (Lipinski definition) is 4. The van der Waals surface area contributed by atoms with E-state index in [1.807, 2.05) is 0 Å². The fourth-order valence-electron chi connectivity index (χ4n) is 1.76. The van der Waals surface area contributed by atoms with Gasteiger partial charge in [0.05, 0.1) is 6.21 Å². The molecule has 2 aromatic rings. The number of anilines is 2. The molecule has 0 aromatic heterocycles. The Hall–Kier alpha value is -3.35. The third-order valence-corrected chi connectivity index (χ3v) is 2.77. The van der Waals surface area contributed by atoms with Crippen LogP contribution in [0.2, 0.25) is 0 Å². The van der Waals surface area contributed by atoms with Crippen LogP contribution >= 0.6 is 0 Å². The predicted octanol–water partition coefficient (Wildman–Crippen LogP) is 2.51. The Balaban J connectivity index is 1.87. The lowest BCUT2D eigenvalue weighted by Crippen LogP contribution is -2.24. The first kappa shape index (κ1) is 16.0. The van der Waals surface area contributed by atoms with Crippen LogP contribution in [0.15, 0.2) is 53.6 Å². The van der Waals surface area contributed by atoms with Crippen LogP contribution in [0.5, 0.6) is 5.75 Å². The van der Waals surface area contributed by atoms with Gasteiger partial charge in [-0.3, -0.25) is 4.79 Å². The average Bonchev–Trinajstić information content (AvgIpc) is 2.51. The summed E-state index contributed by atoms with van der Waals surface area (Å²) in [6, 6.07) is 12.7. The molecular weight excluding hydrogens is 296 g/mol. The van der Waals surface area contributed by atoms with Crippen LogP contribution in [0.1, 0.15) is 12.5 Å². The molecule has 3 amide bonds. The normalized spacial score (nSPS) is 10.3. The van der Waals surface area contributed by atoms with Crippen molar-refractivity contribution in [3.8, 4) is 5.75 Å². The van der Waals surface area contributed by atoms with Gasteiger partial charge in [0.25, 0.3) is 0 Å². The fourth-order valence-corrected chi connectivity index (χ4v) is 1.76. The molecule has 23 heavy (non-hydrogen) atoms. The molecule has 0 spiro atoms. The number of rotatable bonds is 4. The second-order valence-electron chi connectivity index (χ2n) is 4.64. The van der Waals surface area contributed by atoms with Gasteiger partial charge in [0.15, 0.2) is 0 Å². The number of phenolic OH excluding ortho intramolecular Hbond substituents is 1. The molecule has 0 atom stereocenters. The van der Waals surface area contributed by atoms with E-state index in [-0.39, 0.29) is 11.7 Å². The molecule has 0 unspecified atom stereocenters. The molecule has 4 N–H and O–H groups in total. The Kier molecular flexibility index (Phi) is 5.30. The smallest absolute Gasteiger partial charge is 0.339 e. The van der Waals surface area contributed by atoms with Gasteiger partial charge in [-0.1, -0.05) is 12.1 Å². The van der Waals surface area contributed by atoms with Crippen molar-refractivity contribution in [1.29, 1.82) is 0 Å². The lowest BCUT2D eigenvalue weighted by atomic mass is 10.2. The number of nitrogens with one attached hydrogen (secondary N) is 3. The predicted molar refractivity (Wildman–Crippen MR) is 88.6 cm³/mol. The summed E-state index contributed by atoms with van der Waals surface area (Å²) >= 11 is 0. The molecule has 0 saturated heterocycles. The van der Waals surface area contributed by atoms with Crippen LogP contribution in [0.25, 0.3) is 0 Å². The number of carbonyl (C=O) groups excluding carboxylic acids is 2. The second kappa shape index (κ2) is 7.60. The van der Waals surface area contributed by atoms with E-state index in [2.05, 4.69) is 21.2 Å². The molecule has 7 nitrogen and oxygen atoms in total. The minimum atomic E-state index is -0.524. The monoisotopic (exact) mass is 312 g/mol. The first-order valence-electron chi connectivity index (χ1n) is 6.80. The van der Waals surface area contributed by atoms with Crippen molar-refractivity contribution in [2.75, 3.05) is 10.6 Å². The van der Waals surface area contributed by atoms with E-state index in [0.29, 0.717) is 16.9 Å². The summed E-state index contributed by atoms with van der Waals surface area (Å²) in [4.78, 5) is 22.6. The summed E-state index contributed by atoms with van der Waals surface area (Å²) in [7, 11) is 0. The van der Waals surface area contributed by atoms with E-state index >= 15 is 0 Å². The minimum Gasteiger partial charge on any atom is -0.507 e. The van der Waals surface area contributed by atoms with Crippen LogP contribution in [-0.4, -0.2) is 23.3 Å². The highest BCUT2D eigenvalue weighted by Crippen LogP contribution is 2.14. The summed E-state index contributed by atoms with van der Waals surface area (Å²) in [5.41, 5.74) is 3.98. The number of para-hydroxylation sites is 1. The number of hydrogen-bond acceptors (Lipinski definition) is 4. The standard InChI is InChI=1S/C16H16N4O3/c1-11(21)18-13-6-8-14(9-7-13)19-16(23)20-17-10-12-4-2-3-5-15(12)22/h2-10,22H,1H3,(H,18,21)(H2,19,20,23)/b17-10+. The zero-order chi connectivity index (χ0) is 16.7. The van der Waals surface area contributed by atoms with Crippen LogP contribution in [0, 0.1) is 0 Å². The van der Waals surface area contributed by atoms with Crippen LogP contribution in [-0.2, 0) is 4.79 Å². The molecule has 0 radical (unpaired) electrons. The Morgan fingerprint density at radius 3 is 2.22 bits per heavy atom. The summed E-state index contributed by atoms with van der Waals surface area (Å²) < 4.78 is 0. The molecule has 0 fully saturated rings. The van der Waals surface area contributed by atoms with Gasteiger partial charge in [-0.15, -0.1) is 0 Å². The van der Waals surface area contributed by atoms with E-state index in [4.69, 9.17) is 0 Å². The molecule has 0 aliphatic heterocycles. The SMILES string of the molecule is CC(=O)Nc1ccc(NC(=O)N/N=C/c2ccccc2O)cc1. The van der Waals surface area contributed by atoms with E-state index < -0.39 is 6.03 Å². The Morgan fingerprint density at radius 2 is 1.61 bits per heavy atom. The van der Waals surface area contributed by atoms with Crippen molar-refractivity contribution in [2.45, 2.75) is 6.92 Å². The molecule has 0 aliphatic carbocycles. The lowest BCUT2D eigenvalue weighted by molar-refractivity contribution is -0.114. The van der Waals surface area contributed by atoms with Crippen molar-refractivity contribution in [1.82, 2.24) is 5.43 Å². The molecule has 0 heterocycles. The van der Waals surface area contributed by atoms with E-state index in [9.17, 15) is 14.7 Å². The van der Waals surface area contributed by atoms with Gasteiger partial charge in [-0.2, -0.15) is 5.10 Å². The third-order valence-electron chi connectivity index (χ3n) is 2.77. The largest absolute Gasteiger partial charge is 0.507 e. The highest BCUT2D eigenvalue weighted by atomic mass is 16.3. The number of aromatic hydroxyl groups is 1. The molecular formula is C16H16N4O3. The molecule has 2 aromatic carbocycles. The van der Waals surface area contributed by atoms with Gasteiger partial charge in [0, 0.05) is 23.9 Å². The molecule has 7 heteroatoms. The maximum absolute atomic E-state index is 11.7. The number of phenols is 1. The van der Waals surface area contributed by atoms with Crippen molar-refractivity contribution in [3.05, 3.63) is 54.1 Å². The lowest BCUT2D eigenvalue weighted by Gasteiger charge is -2.06. The maximum atomic E-state index is 11.7. The molecule has 2 rings (SSSR count). The summed E-state index contributed by atoms with van der Waals surface area (Å²) in [5, 5.41) is 18.5. The van der Waals surface area contributed by atoms with Gasteiger partial charge >= 0.3 is 6.03 Å². The van der Waals surface area contributed by atoms with E-state index in [0.717, 1.165) is 0 Å². The fraction of sp³-hybridized carbons (Fsp3) is 0.0625. The first-order valence-corrected chi connectivity index (χ1v) is 6.80. The maximum Gasteiger partial charge on any atom is 0.339 e. The topological polar surface area (TPSA) is 103 Å². The number of benzene rings is 2. The Labute approximate surface area is 133 Å². The minimum absolute atomic E-state index is 0.0759. The number of carbonyl (C=O) groups is 2. The molecule has 118 valence electrons. The number of hydrazone groups is 1. The number of urea groups is 1. The zero-order valence-corrected chi connectivity index (χ0v) is 12.4. The van der Waals surface area contributed by atoms with Crippen molar-refractivity contribution in [2.24, 2.45) is 5.10 Å². The highest BCUT2D eigenvalue weighted by Gasteiger charge is 2.01. The molecule has 0 saturated carbocycles. The molecule has 0 bridgehead atoms. The van der Waals surface area contributed by atoms with Gasteiger partial charge in [-0.25, -0.2) is 10.2 Å². The Morgan fingerprint density at radius 1 is 1.00 bits per heavy atom. The van der Waals surface area contributed by atoms with Gasteiger partial charge < -0.3 is 15.7 Å². The van der Waals surface area contributed by atoms with Crippen LogP contribution in [0.3, 0.4) is 0 Å². The van der Waals surface area contributed by atoms with E-state index in [1.165, 1.54) is 19.2 Å². The third kappa shape index (κ3) is 5.16. The van der Waals surface area contributed by atoms with Crippen molar-refractivity contribution >= 4 is 29.5 Å². The quantitative estimate of drug-likeness (QED) is 0.515. The first-order chi connectivity index (χ1) is 11.0. The van der Waals surface area contributed by atoms with Gasteiger partial charge in [0.1, 0.15) is 5.75 Å². The van der Waals surface area contributed by atoms with Gasteiger partial charge in [0.2, 0.25) is 5.91 Å². The number of amides is 3. The van der Waals surface area contributed by atoms with Crippen molar-refractivity contribution in [3.63, 3.8) is 0 Å². The number of nitrogens with zero attached hydrogens (tertiary/aromatic N) is 1. The van der Waals surface area contributed by atoms with Crippen LogP contribution in [0.4, 0.5) is 16.2 Å². The molecule has 0 aliphatic rings. The van der Waals surface area contributed by atoms with Crippen LogP contribution < -0.4 is 16.1 Å².